The Morgan fingerprint density at radius 2 is 2.00 bits per heavy atom. The number of fused-ring (bicyclic) bond motifs is 1. The van der Waals surface area contributed by atoms with Gasteiger partial charge >= 0.3 is 0 Å². The van der Waals surface area contributed by atoms with Crippen molar-refractivity contribution in [1.82, 2.24) is 9.88 Å². The van der Waals surface area contributed by atoms with E-state index < -0.39 is 0 Å². The summed E-state index contributed by atoms with van der Waals surface area (Å²) in [6.07, 6.45) is 2.36. The summed E-state index contributed by atoms with van der Waals surface area (Å²) in [5, 5.41) is 0.994. The fraction of sp³-hybridized carbons (Fsp3) is 0.316. The van der Waals surface area contributed by atoms with Gasteiger partial charge in [0, 0.05) is 19.4 Å². The van der Waals surface area contributed by atoms with Crippen LogP contribution in [0.3, 0.4) is 0 Å². The molecule has 0 unspecified atom stereocenters. The van der Waals surface area contributed by atoms with E-state index in [2.05, 4.69) is 6.07 Å². The van der Waals surface area contributed by atoms with Crippen LogP contribution in [0.2, 0.25) is 4.34 Å². The standard InChI is InChI=1S/C19H17ClN2O2S2/c20-17-9-8-16(25-17)14(23)7-10-18(24)22-11-3-5-13(22)19-21-12-4-1-2-6-15(12)26-19/h1-2,4,6,8-9,13H,3,5,7,10-11H2/t13-/m0/s1. The average Bonchev–Trinajstić information content (AvgIpc) is 3.36. The second-order valence-electron chi connectivity index (χ2n) is 6.29. The van der Waals surface area contributed by atoms with Crippen LogP contribution in [0.5, 0.6) is 0 Å². The van der Waals surface area contributed by atoms with Crippen molar-refractivity contribution >= 4 is 56.2 Å². The predicted molar refractivity (Wildman–Crippen MR) is 106 cm³/mol. The number of nitrogens with zero attached hydrogens (tertiary/aromatic N) is 2. The van der Waals surface area contributed by atoms with E-state index in [4.69, 9.17) is 16.6 Å². The summed E-state index contributed by atoms with van der Waals surface area (Å²) in [7, 11) is 0. The molecule has 0 radical (unpaired) electrons. The van der Waals surface area contributed by atoms with Gasteiger partial charge in [-0.05, 0) is 37.1 Å². The molecule has 1 fully saturated rings. The molecule has 1 saturated heterocycles. The number of aromatic nitrogens is 1. The van der Waals surface area contributed by atoms with Gasteiger partial charge < -0.3 is 4.90 Å². The van der Waals surface area contributed by atoms with Crippen LogP contribution in [0.1, 0.15) is 46.4 Å². The van der Waals surface area contributed by atoms with E-state index in [0.29, 0.717) is 9.21 Å². The molecule has 3 aromatic rings. The van der Waals surface area contributed by atoms with Gasteiger partial charge in [0.15, 0.2) is 5.78 Å². The van der Waals surface area contributed by atoms with Crippen molar-refractivity contribution in [3.05, 3.63) is 50.6 Å². The van der Waals surface area contributed by atoms with Crippen molar-refractivity contribution in [3.63, 3.8) is 0 Å². The Kier molecular flexibility index (Phi) is 5.07. The first kappa shape index (κ1) is 17.6. The highest BCUT2D eigenvalue weighted by molar-refractivity contribution is 7.18. The first-order valence-electron chi connectivity index (χ1n) is 8.55. The number of halogens is 1. The lowest BCUT2D eigenvalue weighted by Crippen LogP contribution is -2.30. The number of para-hydroxylation sites is 1. The molecule has 3 heterocycles. The Morgan fingerprint density at radius 3 is 2.77 bits per heavy atom. The molecule has 1 aromatic carbocycles. The molecule has 1 amide bonds. The Morgan fingerprint density at radius 1 is 1.15 bits per heavy atom. The number of likely N-dealkylation sites (tertiary alicyclic amines) is 1. The molecule has 4 rings (SSSR count). The van der Waals surface area contributed by atoms with Crippen LogP contribution in [0.4, 0.5) is 0 Å². The molecule has 0 aliphatic carbocycles. The molecule has 0 saturated carbocycles. The summed E-state index contributed by atoms with van der Waals surface area (Å²) in [4.78, 5) is 32.2. The first-order chi connectivity index (χ1) is 12.6. The maximum absolute atomic E-state index is 12.7. The number of thiazole rings is 1. The molecule has 7 heteroatoms. The summed E-state index contributed by atoms with van der Waals surface area (Å²) in [6.45, 7) is 0.735. The van der Waals surface area contributed by atoms with Crippen LogP contribution in [0.15, 0.2) is 36.4 Å². The lowest BCUT2D eigenvalue weighted by atomic mass is 10.1. The average molecular weight is 405 g/mol. The second kappa shape index (κ2) is 7.47. The summed E-state index contributed by atoms with van der Waals surface area (Å²) in [6, 6.07) is 11.5. The lowest BCUT2D eigenvalue weighted by Gasteiger charge is -2.23. The van der Waals surface area contributed by atoms with E-state index in [-0.39, 0.29) is 30.6 Å². The number of thiophene rings is 1. The van der Waals surface area contributed by atoms with Crippen LogP contribution < -0.4 is 0 Å². The minimum absolute atomic E-state index is 0.0222. The smallest absolute Gasteiger partial charge is 0.223 e. The molecule has 0 bridgehead atoms. The van der Waals surface area contributed by atoms with Crippen molar-refractivity contribution < 1.29 is 9.59 Å². The molecule has 2 aromatic heterocycles. The maximum Gasteiger partial charge on any atom is 0.223 e. The van der Waals surface area contributed by atoms with Crippen LogP contribution in [-0.2, 0) is 4.79 Å². The minimum Gasteiger partial charge on any atom is -0.333 e. The number of ketones is 1. The van der Waals surface area contributed by atoms with Crippen LogP contribution >= 0.6 is 34.3 Å². The van der Waals surface area contributed by atoms with E-state index in [1.54, 1.807) is 23.5 Å². The SMILES string of the molecule is O=C(CCC(=O)N1CCC[C@H]1c1nc2ccccc2s1)c1ccc(Cl)s1. The predicted octanol–water partition coefficient (Wildman–Crippen LogP) is 5.34. The van der Waals surface area contributed by atoms with Gasteiger partial charge in [0.25, 0.3) is 0 Å². The zero-order chi connectivity index (χ0) is 18.1. The molecule has 0 N–H and O–H groups in total. The normalized spacial score (nSPS) is 17.1. The summed E-state index contributed by atoms with van der Waals surface area (Å²) < 4.78 is 1.74. The molecule has 26 heavy (non-hydrogen) atoms. The highest BCUT2D eigenvalue weighted by Gasteiger charge is 2.32. The number of hydrogen-bond acceptors (Lipinski definition) is 5. The van der Waals surface area contributed by atoms with Crippen LogP contribution in [0.25, 0.3) is 10.2 Å². The Labute approximate surface area is 164 Å². The third kappa shape index (κ3) is 3.54. The maximum atomic E-state index is 12.7. The topological polar surface area (TPSA) is 50.3 Å². The number of carbonyl (C=O) groups is 2. The largest absolute Gasteiger partial charge is 0.333 e. The van der Waals surface area contributed by atoms with E-state index in [9.17, 15) is 9.59 Å². The monoisotopic (exact) mass is 404 g/mol. The quantitative estimate of drug-likeness (QED) is 0.539. The van der Waals surface area contributed by atoms with Gasteiger partial charge in [-0.15, -0.1) is 22.7 Å². The number of hydrogen-bond donors (Lipinski definition) is 0. The lowest BCUT2D eigenvalue weighted by molar-refractivity contribution is -0.132. The number of Topliss-reactive ketones (excluding diaryl/α,β-unsaturated/α-hetero) is 1. The fourth-order valence-electron chi connectivity index (χ4n) is 3.31. The first-order valence-corrected chi connectivity index (χ1v) is 10.6. The van der Waals surface area contributed by atoms with Gasteiger partial charge in [-0.3, -0.25) is 9.59 Å². The van der Waals surface area contributed by atoms with Crippen molar-refractivity contribution in [2.45, 2.75) is 31.7 Å². The number of carbonyl (C=O) groups excluding carboxylic acids is 2. The van der Waals surface area contributed by atoms with Gasteiger partial charge in [0.1, 0.15) is 5.01 Å². The van der Waals surface area contributed by atoms with Gasteiger partial charge in [0.2, 0.25) is 5.91 Å². The van der Waals surface area contributed by atoms with E-state index in [1.165, 1.54) is 11.3 Å². The number of amides is 1. The second-order valence-corrected chi connectivity index (χ2v) is 9.07. The van der Waals surface area contributed by atoms with Gasteiger partial charge in [-0.25, -0.2) is 4.98 Å². The zero-order valence-corrected chi connectivity index (χ0v) is 16.4. The van der Waals surface area contributed by atoms with Gasteiger partial charge in [-0.1, -0.05) is 23.7 Å². The van der Waals surface area contributed by atoms with Crippen LogP contribution in [-0.4, -0.2) is 28.1 Å². The van der Waals surface area contributed by atoms with E-state index in [0.717, 1.165) is 34.6 Å². The van der Waals surface area contributed by atoms with Crippen molar-refractivity contribution in [1.29, 1.82) is 0 Å². The summed E-state index contributed by atoms with van der Waals surface area (Å²) >= 11 is 8.79. The van der Waals surface area contributed by atoms with Crippen molar-refractivity contribution in [2.75, 3.05) is 6.54 Å². The Hall–Kier alpha value is -1.76. The summed E-state index contributed by atoms with van der Waals surface area (Å²) in [5.74, 6) is 0.00810. The molecular weight excluding hydrogens is 388 g/mol. The Balaban J connectivity index is 1.44. The number of benzene rings is 1. The van der Waals surface area contributed by atoms with Crippen molar-refractivity contribution in [2.24, 2.45) is 0 Å². The zero-order valence-electron chi connectivity index (χ0n) is 14.0. The molecule has 1 aliphatic heterocycles. The molecule has 1 atom stereocenters. The highest BCUT2D eigenvalue weighted by atomic mass is 35.5. The Bertz CT molecular complexity index is 932. The van der Waals surface area contributed by atoms with Crippen LogP contribution in [0, 0.1) is 0 Å². The fourth-order valence-corrected chi connectivity index (χ4v) is 5.43. The molecule has 4 nitrogen and oxygen atoms in total. The van der Waals surface area contributed by atoms with Gasteiger partial charge in [-0.2, -0.15) is 0 Å². The third-order valence-electron chi connectivity index (χ3n) is 4.58. The molecular formula is C19H17ClN2O2S2. The highest BCUT2D eigenvalue weighted by Crippen LogP contribution is 2.37. The molecule has 0 spiro atoms. The molecule has 134 valence electrons. The van der Waals surface area contributed by atoms with Gasteiger partial charge in [0.05, 0.1) is 25.5 Å². The number of rotatable bonds is 5. The molecule has 1 aliphatic rings. The third-order valence-corrected chi connectivity index (χ3v) is 6.99. The minimum atomic E-state index is -0.0222. The van der Waals surface area contributed by atoms with E-state index in [1.807, 2.05) is 23.1 Å². The summed E-state index contributed by atoms with van der Waals surface area (Å²) in [5.41, 5.74) is 0.983. The van der Waals surface area contributed by atoms with E-state index >= 15 is 0 Å². The van der Waals surface area contributed by atoms with Crippen molar-refractivity contribution in [3.8, 4) is 0 Å².